The molecule has 35 heavy (non-hydrogen) atoms. The van der Waals surface area contributed by atoms with Crippen LogP contribution in [0.5, 0.6) is 0 Å². The SMILES string of the molecule is CN(C)[C](=[V])C=CC(=[N-])N.CN(C)[C](=[V])C=CC(=[N-])[N+](=O)[O-].CNC.C[C](=[V])C=CC(=[N-])[N+](=O)[O-]. The van der Waals surface area contributed by atoms with Crippen LogP contribution in [-0.4, -0.2) is 92.4 Å². The molecule has 0 heterocycles. The topological polar surface area (TPSA) is 198 Å². The van der Waals surface area contributed by atoms with Crippen LogP contribution in [0.2, 0.25) is 0 Å². The summed E-state index contributed by atoms with van der Waals surface area (Å²) >= 11 is 6.80. The molecule has 0 bridgehead atoms. The molecule has 0 aliphatic carbocycles. The Balaban J connectivity index is -0.000000195. The summed E-state index contributed by atoms with van der Waals surface area (Å²) in [5.74, 6) is -1.88. The van der Waals surface area contributed by atoms with Crippen molar-refractivity contribution in [3.8, 4) is 0 Å². The third kappa shape index (κ3) is 34.3. The molecule has 3 N–H and O–H groups in total. The van der Waals surface area contributed by atoms with Crippen LogP contribution in [0, 0.1) is 20.2 Å². The molecule has 0 aliphatic heterocycles. The van der Waals surface area contributed by atoms with E-state index in [1.54, 1.807) is 32.0 Å². The van der Waals surface area contributed by atoms with Gasteiger partial charge in [-0.1, -0.05) is 0 Å². The second-order valence-corrected chi connectivity index (χ2v) is 8.83. The van der Waals surface area contributed by atoms with Crippen molar-refractivity contribution in [1.29, 1.82) is 0 Å². The van der Waals surface area contributed by atoms with E-state index in [1.165, 1.54) is 18.2 Å². The van der Waals surface area contributed by atoms with Crippen LogP contribution in [0.4, 0.5) is 0 Å². The van der Waals surface area contributed by atoms with Crippen LogP contribution in [0.1, 0.15) is 6.92 Å². The van der Waals surface area contributed by atoms with Crippen molar-refractivity contribution in [2.75, 3.05) is 42.3 Å². The first kappa shape index (κ1) is 40.3. The standard InChI is InChI=1S/C6H8N3O2.C6H10N3.C5H5N2O2.C2H7N.3V/c1-8(2)5-3-4-6(7)9(10)11;1-9(2)5-3-4-6(7)8;1-2-3-4-5(6)7(8)9;1-3-2;;;/h3-4H,1-2H3;3-4H,1-2H3,(H2-,7,8);3-4H,1H3;3H,1-2H3;;;/q3*-1;;;;. The summed E-state index contributed by atoms with van der Waals surface area (Å²) in [6.45, 7) is 1.75. The molecular formula is C19H30N9O4V3-3. The number of hydrogen-bond acceptors (Lipinski definition) is 7. The molecule has 0 aromatic heterocycles. The average molecular weight is 601 g/mol. The number of nitrogens with zero attached hydrogens (tertiary/aromatic N) is 7. The molecule has 0 atom stereocenters. The summed E-state index contributed by atoms with van der Waals surface area (Å²) in [5, 5.41) is 48.1. The first-order chi connectivity index (χ1) is 15.9. The number of nitrogens with two attached hydrogens (primary N) is 1. The van der Waals surface area contributed by atoms with Gasteiger partial charge in [0.15, 0.2) is 0 Å². The van der Waals surface area contributed by atoms with E-state index in [4.69, 9.17) is 22.0 Å². The maximum atomic E-state index is 9.92. The third-order valence-electron chi connectivity index (χ3n) is 2.55. The second-order valence-electron chi connectivity index (χ2n) is 6.30. The van der Waals surface area contributed by atoms with Crippen LogP contribution >= 0.6 is 0 Å². The van der Waals surface area contributed by atoms with Crippen LogP contribution in [0.25, 0.3) is 16.2 Å². The van der Waals surface area contributed by atoms with E-state index in [1.807, 2.05) is 33.1 Å². The Bertz CT molecular complexity index is 868. The molecule has 16 heteroatoms. The Kier molecular flexibility index (Phi) is 29.0. The van der Waals surface area contributed by atoms with Gasteiger partial charge in [0.2, 0.25) is 0 Å². The van der Waals surface area contributed by atoms with Gasteiger partial charge in [-0.15, -0.1) is 0 Å². The Morgan fingerprint density at radius 1 is 0.771 bits per heavy atom. The Labute approximate surface area is 233 Å². The minimum absolute atomic E-state index is 0.176. The normalized spacial score (nSPS) is 9.89. The van der Waals surface area contributed by atoms with E-state index in [-0.39, 0.29) is 5.84 Å². The van der Waals surface area contributed by atoms with Crippen molar-refractivity contribution in [2.45, 2.75) is 6.92 Å². The molecule has 0 saturated carbocycles. The summed E-state index contributed by atoms with van der Waals surface area (Å²) in [4.78, 5) is 21.6. The summed E-state index contributed by atoms with van der Waals surface area (Å²) in [5.41, 5.74) is 4.99. The van der Waals surface area contributed by atoms with E-state index in [0.717, 1.165) is 25.1 Å². The zero-order valence-corrected chi connectivity index (χ0v) is 24.8. The van der Waals surface area contributed by atoms with Crippen LogP contribution in [-0.2, 0) is 50.9 Å². The third-order valence-corrected chi connectivity index (χ3v) is 4.50. The van der Waals surface area contributed by atoms with Crippen molar-refractivity contribution < 1.29 is 60.8 Å². The van der Waals surface area contributed by atoms with Gasteiger partial charge in [0.05, 0.1) is 0 Å². The molecule has 0 aromatic carbocycles. The van der Waals surface area contributed by atoms with Crippen molar-refractivity contribution in [3.63, 3.8) is 0 Å². The Hall–Kier alpha value is -1.93. The number of allylic oxidation sites excluding steroid dienone is 1. The van der Waals surface area contributed by atoms with E-state index in [9.17, 15) is 20.2 Å². The van der Waals surface area contributed by atoms with Gasteiger partial charge in [-0.25, -0.2) is 0 Å². The number of amidine groups is 3. The van der Waals surface area contributed by atoms with Gasteiger partial charge in [0, 0.05) is 0 Å². The summed E-state index contributed by atoms with van der Waals surface area (Å²) < 4.78 is 2.57. The van der Waals surface area contributed by atoms with Gasteiger partial charge < -0.3 is 5.32 Å². The molecular weight excluding hydrogens is 571 g/mol. The van der Waals surface area contributed by atoms with Gasteiger partial charge in [0.25, 0.3) is 0 Å². The fraction of sp³-hybridized carbons (Fsp3) is 0.368. The molecule has 0 spiro atoms. The molecule has 0 saturated heterocycles. The molecule has 13 nitrogen and oxygen atoms in total. The van der Waals surface area contributed by atoms with Crippen LogP contribution < -0.4 is 11.1 Å². The van der Waals surface area contributed by atoms with Gasteiger partial charge >= 0.3 is 215 Å². The van der Waals surface area contributed by atoms with Crippen LogP contribution in [0.3, 0.4) is 0 Å². The second kappa shape index (κ2) is 25.2. The first-order valence-electron chi connectivity index (χ1n) is 9.28. The molecule has 0 aliphatic rings. The molecule has 0 radical (unpaired) electrons. The number of likely N-dealkylation sites (N-methyl/N-ethyl adjacent to an activating group) is 2. The monoisotopic (exact) mass is 601 g/mol. The predicted molar refractivity (Wildman–Crippen MR) is 134 cm³/mol. The Morgan fingerprint density at radius 2 is 1.06 bits per heavy atom. The van der Waals surface area contributed by atoms with Gasteiger partial charge in [-0.05, 0) is 14.1 Å². The van der Waals surface area contributed by atoms with E-state index in [0.29, 0.717) is 0 Å². The summed E-state index contributed by atoms with van der Waals surface area (Å²) in [7, 11) is 11.2. The zero-order valence-electron chi connectivity index (χ0n) is 20.6. The summed E-state index contributed by atoms with van der Waals surface area (Å²) in [6, 6.07) is 0. The van der Waals surface area contributed by atoms with Crippen molar-refractivity contribution in [2.24, 2.45) is 5.73 Å². The molecule has 0 rings (SSSR count). The van der Waals surface area contributed by atoms with Crippen molar-refractivity contribution >= 4 is 30.4 Å². The number of nitro groups is 2. The van der Waals surface area contributed by atoms with E-state index >= 15 is 0 Å². The van der Waals surface area contributed by atoms with Gasteiger partial charge in [-0.2, -0.15) is 0 Å². The number of rotatable bonds is 8. The van der Waals surface area contributed by atoms with E-state index < -0.39 is 21.5 Å². The first-order valence-corrected chi connectivity index (χ1v) is 11.4. The molecule has 0 amide bonds. The van der Waals surface area contributed by atoms with E-state index in [2.05, 4.69) is 56.3 Å². The predicted octanol–water partition coefficient (Wildman–Crippen LogP) is 0.0949. The van der Waals surface area contributed by atoms with Gasteiger partial charge in [-0.3, -0.25) is 0 Å². The number of hydrogen-bond donors (Lipinski definition) is 2. The summed E-state index contributed by atoms with van der Waals surface area (Å²) in [6.07, 6.45) is 8.11. The fourth-order valence-corrected chi connectivity index (χ4v) is 1.27. The fourth-order valence-electron chi connectivity index (χ4n) is 0.924. The quantitative estimate of drug-likeness (QED) is 0.169. The molecule has 193 valence electrons. The van der Waals surface area contributed by atoms with Gasteiger partial charge in [0.1, 0.15) is 0 Å². The zero-order chi connectivity index (χ0) is 28.7. The average Bonchev–Trinajstić information content (AvgIpc) is 2.74. The molecule has 0 fully saturated rings. The van der Waals surface area contributed by atoms with Crippen LogP contribution in [0.15, 0.2) is 36.5 Å². The molecule has 0 unspecified atom stereocenters. The number of nitrogens with one attached hydrogen (secondary N) is 1. The van der Waals surface area contributed by atoms with Crippen molar-refractivity contribution in [3.05, 3.63) is 72.9 Å². The molecule has 0 aromatic rings. The Morgan fingerprint density at radius 3 is 1.29 bits per heavy atom. The minimum atomic E-state index is -0.861. The van der Waals surface area contributed by atoms with Crippen molar-refractivity contribution in [1.82, 2.24) is 15.1 Å². The maximum absolute atomic E-state index is 9.92.